The van der Waals surface area contributed by atoms with Crippen LogP contribution >= 0.6 is 0 Å². The van der Waals surface area contributed by atoms with Crippen molar-refractivity contribution in [2.45, 2.75) is 17.9 Å². The monoisotopic (exact) mass is 345 g/mol. The van der Waals surface area contributed by atoms with Crippen LogP contribution in [0.4, 0.5) is 13.2 Å². The first kappa shape index (κ1) is 17.5. The number of hydrogen-bond acceptors (Lipinski definition) is 3. The Morgan fingerprint density at radius 1 is 1.13 bits per heavy atom. The van der Waals surface area contributed by atoms with E-state index < -0.39 is 45.0 Å². The van der Waals surface area contributed by atoms with Gasteiger partial charge >= 0.3 is 0 Å². The van der Waals surface area contributed by atoms with Crippen LogP contribution in [0.1, 0.15) is 17.2 Å². The topological polar surface area (TPSA) is 66.4 Å². The van der Waals surface area contributed by atoms with E-state index in [0.717, 1.165) is 5.56 Å². The van der Waals surface area contributed by atoms with Gasteiger partial charge in [-0.2, -0.15) is 0 Å². The third kappa shape index (κ3) is 3.90. The molecule has 23 heavy (non-hydrogen) atoms. The molecule has 1 atom stereocenters. The Kier molecular flexibility index (Phi) is 5.08. The zero-order valence-corrected chi connectivity index (χ0v) is 12.9. The van der Waals surface area contributed by atoms with E-state index in [-0.39, 0.29) is 0 Å². The molecule has 0 heterocycles. The number of aryl methyl sites for hydroxylation is 1. The van der Waals surface area contributed by atoms with E-state index in [9.17, 15) is 26.7 Å². The smallest absolute Gasteiger partial charge is 0.240 e. The summed E-state index contributed by atoms with van der Waals surface area (Å²) in [5, 5.41) is 10.0. The van der Waals surface area contributed by atoms with Crippen LogP contribution in [0.3, 0.4) is 0 Å². The highest BCUT2D eigenvalue weighted by Crippen LogP contribution is 2.19. The number of aliphatic hydroxyl groups excluding tert-OH is 1. The normalized spacial score (nSPS) is 13.1. The Balaban J connectivity index is 2.18. The molecule has 0 aliphatic carbocycles. The summed E-state index contributed by atoms with van der Waals surface area (Å²) in [5.74, 6) is -4.96. The third-order valence-electron chi connectivity index (χ3n) is 3.28. The van der Waals surface area contributed by atoms with Crippen molar-refractivity contribution in [1.29, 1.82) is 0 Å². The molecule has 2 aromatic rings. The van der Waals surface area contributed by atoms with Crippen molar-refractivity contribution < 1.29 is 26.7 Å². The maximum absolute atomic E-state index is 13.1. The lowest BCUT2D eigenvalue weighted by Gasteiger charge is -2.15. The molecule has 0 aromatic heterocycles. The first-order valence-corrected chi connectivity index (χ1v) is 8.08. The zero-order valence-electron chi connectivity index (χ0n) is 12.1. The summed E-state index contributed by atoms with van der Waals surface area (Å²) in [6.07, 6.45) is -1.14. The molecule has 0 aliphatic heterocycles. The minimum Gasteiger partial charge on any atom is -0.387 e. The van der Waals surface area contributed by atoms with E-state index in [1.165, 1.54) is 0 Å². The van der Waals surface area contributed by atoms with Gasteiger partial charge < -0.3 is 5.11 Å². The van der Waals surface area contributed by atoms with Gasteiger partial charge in [0.25, 0.3) is 0 Å². The van der Waals surface area contributed by atoms with E-state index in [4.69, 9.17) is 0 Å². The van der Waals surface area contributed by atoms with Gasteiger partial charge in [-0.05, 0) is 30.2 Å². The minimum atomic E-state index is -4.29. The summed E-state index contributed by atoms with van der Waals surface area (Å²) in [4.78, 5) is -0.758. The fourth-order valence-corrected chi connectivity index (χ4v) is 3.09. The molecule has 0 saturated carbocycles. The number of sulfonamides is 1. The van der Waals surface area contributed by atoms with Gasteiger partial charge in [0.15, 0.2) is 17.5 Å². The Labute approximate surface area is 131 Å². The lowest BCUT2D eigenvalue weighted by molar-refractivity contribution is 0.181. The first-order valence-electron chi connectivity index (χ1n) is 6.60. The molecule has 2 rings (SSSR count). The van der Waals surface area contributed by atoms with Gasteiger partial charge in [0.2, 0.25) is 10.0 Å². The summed E-state index contributed by atoms with van der Waals surface area (Å²) in [6.45, 7) is 1.35. The van der Waals surface area contributed by atoms with Crippen LogP contribution in [-0.2, 0) is 10.0 Å². The highest BCUT2D eigenvalue weighted by molar-refractivity contribution is 7.89. The summed E-state index contributed by atoms with van der Waals surface area (Å²) < 4.78 is 65.2. The molecule has 124 valence electrons. The van der Waals surface area contributed by atoms with E-state index in [2.05, 4.69) is 0 Å². The number of nitrogens with one attached hydrogen (secondary N) is 1. The number of benzene rings is 2. The summed E-state index contributed by atoms with van der Waals surface area (Å²) in [6, 6.07) is 7.58. The molecule has 0 fully saturated rings. The third-order valence-corrected chi connectivity index (χ3v) is 4.68. The summed E-state index contributed by atoms with van der Waals surface area (Å²) in [7, 11) is -4.29. The molecule has 0 spiro atoms. The summed E-state index contributed by atoms with van der Waals surface area (Å²) >= 11 is 0. The zero-order chi connectivity index (χ0) is 17.2. The van der Waals surface area contributed by atoms with Crippen molar-refractivity contribution in [2.75, 3.05) is 6.54 Å². The number of rotatable bonds is 5. The largest absolute Gasteiger partial charge is 0.387 e. The van der Waals surface area contributed by atoms with Crippen LogP contribution < -0.4 is 4.72 Å². The predicted octanol–water partition coefficient (Wildman–Crippen LogP) is 2.42. The van der Waals surface area contributed by atoms with Crippen LogP contribution in [0.2, 0.25) is 0 Å². The Hall–Kier alpha value is -1.90. The maximum atomic E-state index is 13.1. The molecule has 0 saturated heterocycles. The highest BCUT2D eigenvalue weighted by atomic mass is 32.2. The Morgan fingerprint density at radius 3 is 2.26 bits per heavy atom. The molecule has 0 bridgehead atoms. The second-order valence-corrected chi connectivity index (χ2v) is 6.69. The van der Waals surface area contributed by atoms with Crippen LogP contribution in [0.15, 0.2) is 41.3 Å². The van der Waals surface area contributed by atoms with E-state index in [0.29, 0.717) is 17.7 Å². The Morgan fingerprint density at radius 2 is 1.70 bits per heavy atom. The van der Waals surface area contributed by atoms with Crippen molar-refractivity contribution in [2.24, 2.45) is 0 Å². The molecule has 8 heteroatoms. The van der Waals surface area contributed by atoms with Gasteiger partial charge in [-0.3, -0.25) is 0 Å². The average molecular weight is 345 g/mol. The molecule has 4 nitrogen and oxygen atoms in total. The van der Waals surface area contributed by atoms with Gasteiger partial charge in [-0.1, -0.05) is 24.3 Å². The number of aliphatic hydroxyl groups is 1. The van der Waals surface area contributed by atoms with Crippen LogP contribution in [0, 0.1) is 24.4 Å². The number of hydrogen-bond donors (Lipinski definition) is 2. The minimum absolute atomic E-state index is 0.376. The van der Waals surface area contributed by atoms with Gasteiger partial charge in [0.05, 0.1) is 11.0 Å². The second-order valence-electron chi connectivity index (χ2n) is 4.93. The van der Waals surface area contributed by atoms with Crippen molar-refractivity contribution in [3.63, 3.8) is 0 Å². The average Bonchev–Trinajstić information content (AvgIpc) is 2.50. The molecule has 2 aromatic carbocycles. The lowest BCUT2D eigenvalue weighted by Crippen LogP contribution is -2.29. The standard InChI is InChI=1S/C15H14F3NO3S/c1-9-4-2-3-5-11(9)14(20)8-19-23(21,22)10-6-12(16)15(18)13(17)7-10/h2-7,14,19-20H,8H2,1H3. The van der Waals surface area contributed by atoms with Gasteiger partial charge in [0, 0.05) is 6.54 Å². The van der Waals surface area contributed by atoms with Crippen molar-refractivity contribution in [1.82, 2.24) is 4.72 Å². The fourth-order valence-electron chi connectivity index (χ4n) is 2.03. The maximum Gasteiger partial charge on any atom is 0.240 e. The SMILES string of the molecule is Cc1ccccc1C(O)CNS(=O)(=O)c1cc(F)c(F)c(F)c1. The first-order chi connectivity index (χ1) is 10.7. The molecular weight excluding hydrogens is 331 g/mol. The predicted molar refractivity (Wildman–Crippen MR) is 77.6 cm³/mol. The van der Waals surface area contributed by atoms with Gasteiger partial charge in [-0.15, -0.1) is 0 Å². The molecular formula is C15H14F3NO3S. The second kappa shape index (κ2) is 6.69. The van der Waals surface area contributed by atoms with E-state index >= 15 is 0 Å². The lowest BCUT2D eigenvalue weighted by atomic mass is 10.0. The highest BCUT2D eigenvalue weighted by Gasteiger charge is 2.21. The molecule has 0 aliphatic rings. The van der Waals surface area contributed by atoms with E-state index in [1.54, 1.807) is 31.2 Å². The van der Waals surface area contributed by atoms with Crippen LogP contribution in [0.5, 0.6) is 0 Å². The molecule has 1 unspecified atom stereocenters. The molecule has 2 N–H and O–H groups in total. The number of halogens is 3. The fraction of sp³-hybridized carbons (Fsp3) is 0.200. The van der Waals surface area contributed by atoms with Gasteiger partial charge in [0.1, 0.15) is 0 Å². The van der Waals surface area contributed by atoms with Crippen LogP contribution in [-0.4, -0.2) is 20.1 Å². The summed E-state index contributed by atoms with van der Waals surface area (Å²) in [5.41, 5.74) is 1.28. The van der Waals surface area contributed by atoms with E-state index in [1.807, 2.05) is 4.72 Å². The van der Waals surface area contributed by atoms with Crippen LogP contribution in [0.25, 0.3) is 0 Å². The van der Waals surface area contributed by atoms with Crippen molar-refractivity contribution in [3.05, 3.63) is 65.0 Å². The molecule has 0 radical (unpaired) electrons. The van der Waals surface area contributed by atoms with Crippen molar-refractivity contribution in [3.8, 4) is 0 Å². The van der Waals surface area contributed by atoms with Crippen molar-refractivity contribution >= 4 is 10.0 Å². The quantitative estimate of drug-likeness (QED) is 0.818. The molecule has 0 amide bonds. The Bertz CT molecular complexity index is 801. The van der Waals surface area contributed by atoms with Gasteiger partial charge in [-0.25, -0.2) is 26.3 Å².